The van der Waals surface area contributed by atoms with Crippen LogP contribution in [0, 0.1) is 0 Å². The monoisotopic (exact) mass is 483 g/mol. The van der Waals surface area contributed by atoms with Crippen LogP contribution >= 0.6 is 23.4 Å². The first-order chi connectivity index (χ1) is 16.0. The molecule has 2 heterocycles. The molecule has 172 valence electrons. The molecule has 0 unspecified atom stereocenters. The third kappa shape index (κ3) is 5.25. The Bertz CT molecular complexity index is 1230. The largest absolute Gasteiger partial charge is 0.493 e. The average molecular weight is 484 g/mol. The Balaban J connectivity index is 1.69. The summed E-state index contributed by atoms with van der Waals surface area (Å²) in [7, 11) is 1.82. The van der Waals surface area contributed by atoms with E-state index in [1.54, 1.807) is 4.57 Å². The van der Waals surface area contributed by atoms with Crippen molar-refractivity contribution in [2.75, 3.05) is 11.9 Å². The Morgan fingerprint density at radius 3 is 2.82 bits per heavy atom. The number of benzene rings is 2. The topological polar surface area (TPSA) is 73.2 Å². The number of amides is 1. The van der Waals surface area contributed by atoms with Crippen molar-refractivity contribution in [3.05, 3.63) is 80.6 Å². The molecule has 0 radical (unpaired) electrons. The molecule has 0 saturated carbocycles. The molecule has 1 aliphatic heterocycles. The van der Waals surface area contributed by atoms with E-state index >= 15 is 0 Å². The lowest BCUT2D eigenvalue weighted by Crippen LogP contribution is -2.33. The Morgan fingerprint density at radius 1 is 1.21 bits per heavy atom. The molecule has 0 aliphatic carbocycles. The van der Waals surface area contributed by atoms with Crippen LogP contribution in [-0.4, -0.2) is 22.1 Å². The summed E-state index contributed by atoms with van der Waals surface area (Å²) in [6, 6.07) is 15.2. The highest BCUT2D eigenvalue weighted by Gasteiger charge is 2.33. The number of anilines is 1. The maximum absolute atomic E-state index is 13.2. The number of nitrogens with one attached hydrogen (secondary N) is 1. The van der Waals surface area contributed by atoms with Gasteiger partial charge in [0, 0.05) is 35.7 Å². The van der Waals surface area contributed by atoms with Crippen LogP contribution in [-0.2, 0) is 17.6 Å². The number of ether oxygens (including phenoxy) is 1. The van der Waals surface area contributed by atoms with Gasteiger partial charge in [0.2, 0.25) is 5.91 Å². The molecule has 4 rings (SSSR count). The van der Waals surface area contributed by atoms with E-state index in [0.29, 0.717) is 39.7 Å². The number of nitrogens with zero attached hydrogens (tertiary/aromatic N) is 2. The van der Waals surface area contributed by atoms with E-state index in [9.17, 15) is 9.59 Å². The highest BCUT2D eigenvalue weighted by atomic mass is 35.5. The van der Waals surface area contributed by atoms with Crippen LogP contribution in [0.15, 0.2) is 58.5 Å². The van der Waals surface area contributed by atoms with Crippen LogP contribution in [0.2, 0.25) is 5.02 Å². The average Bonchev–Trinajstić information content (AvgIpc) is 2.80. The predicted octanol–water partition coefficient (Wildman–Crippen LogP) is 5.38. The van der Waals surface area contributed by atoms with Crippen molar-refractivity contribution >= 4 is 35.1 Å². The fourth-order valence-electron chi connectivity index (χ4n) is 3.93. The Kier molecular flexibility index (Phi) is 7.40. The predicted molar refractivity (Wildman–Crippen MR) is 132 cm³/mol. The van der Waals surface area contributed by atoms with E-state index in [1.807, 2.05) is 55.6 Å². The second-order valence-electron chi connectivity index (χ2n) is 7.98. The standard InChI is InChI=1S/C25H26ClN3O3S/c1-3-4-12-32-20-11-6-5-10-18(20)19-14-21(30)27-23-22(19)24(31)28-25(29(23)2)33-15-16-8-7-9-17(26)13-16/h5-11,13,19H,3-4,12,14-15H2,1-2H3,(H,27,30)/t19-/m1/s1. The van der Waals surface area contributed by atoms with Crippen LogP contribution in [0.25, 0.3) is 0 Å². The second kappa shape index (κ2) is 10.4. The normalized spacial score (nSPS) is 15.1. The molecule has 1 aliphatic rings. The number of aromatic nitrogens is 2. The maximum atomic E-state index is 13.2. The summed E-state index contributed by atoms with van der Waals surface area (Å²) in [4.78, 5) is 30.3. The number of hydrogen-bond donors (Lipinski definition) is 1. The van der Waals surface area contributed by atoms with Gasteiger partial charge in [0.1, 0.15) is 11.6 Å². The van der Waals surface area contributed by atoms with Crippen molar-refractivity contribution in [2.24, 2.45) is 7.05 Å². The van der Waals surface area contributed by atoms with Gasteiger partial charge in [-0.15, -0.1) is 0 Å². The highest BCUT2D eigenvalue weighted by Crippen LogP contribution is 2.39. The summed E-state index contributed by atoms with van der Waals surface area (Å²) in [6.45, 7) is 2.70. The summed E-state index contributed by atoms with van der Waals surface area (Å²) in [6.07, 6.45) is 2.14. The minimum atomic E-state index is -0.412. The fourth-order valence-corrected chi connectivity index (χ4v) is 5.05. The Hall–Kier alpha value is -2.77. The smallest absolute Gasteiger partial charge is 0.279 e. The zero-order valence-corrected chi connectivity index (χ0v) is 20.2. The first-order valence-corrected chi connectivity index (χ1v) is 12.3. The minimum Gasteiger partial charge on any atom is -0.493 e. The van der Waals surface area contributed by atoms with Crippen molar-refractivity contribution in [1.82, 2.24) is 9.55 Å². The van der Waals surface area contributed by atoms with Crippen LogP contribution in [0.5, 0.6) is 5.75 Å². The number of unbranched alkanes of at least 4 members (excludes halogenated alkanes) is 1. The number of halogens is 1. The lowest BCUT2D eigenvalue weighted by Gasteiger charge is -2.28. The lowest BCUT2D eigenvalue weighted by atomic mass is 9.86. The van der Waals surface area contributed by atoms with Gasteiger partial charge in [-0.1, -0.05) is 67.0 Å². The second-order valence-corrected chi connectivity index (χ2v) is 9.36. The van der Waals surface area contributed by atoms with Gasteiger partial charge in [-0.2, -0.15) is 4.98 Å². The van der Waals surface area contributed by atoms with Gasteiger partial charge in [-0.3, -0.25) is 9.59 Å². The first-order valence-electron chi connectivity index (χ1n) is 11.0. The van der Waals surface area contributed by atoms with Gasteiger partial charge in [-0.25, -0.2) is 0 Å². The van der Waals surface area contributed by atoms with Gasteiger partial charge in [0.15, 0.2) is 5.16 Å². The fraction of sp³-hybridized carbons (Fsp3) is 0.320. The summed E-state index contributed by atoms with van der Waals surface area (Å²) in [5.41, 5.74) is 2.03. The van der Waals surface area contributed by atoms with Crippen molar-refractivity contribution in [3.63, 3.8) is 0 Å². The van der Waals surface area contributed by atoms with Gasteiger partial charge in [0.25, 0.3) is 5.56 Å². The molecule has 2 aromatic carbocycles. The molecule has 1 N–H and O–H groups in total. The lowest BCUT2D eigenvalue weighted by molar-refractivity contribution is -0.116. The number of thioether (sulfide) groups is 1. The highest BCUT2D eigenvalue weighted by molar-refractivity contribution is 7.98. The molecular formula is C25H26ClN3O3S. The van der Waals surface area contributed by atoms with Crippen molar-refractivity contribution in [3.8, 4) is 5.75 Å². The summed E-state index contributed by atoms with van der Waals surface area (Å²) in [5.74, 6) is 1.25. The maximum Gasteiger partial charge on any atom is 0.279 e. The van der Waals surface area contributed by atoms with Crippen LogP contribution in [0.1, 0.15) is 48.8 Å². The molecule has 33 heavy (non-hydrogen) atoms. The molecule has 8 heteroatoms. The molecule has 1 aromatic heterocycles. The SMILES string of the molecule is CCCCOc1ccccc1[C@H]1CC(=O)Nc2c1c(=O)nc(SCc1cccc(Cl)c1)n2C. The van der Waals surface area contributed by atoms with Gasteiger partial charge in [-0.05, 0) is 30.2 Å². The molecule has 0 saturated heterocycles. The molecule has 1 atom stereocenters. The van der Waals surface area contributed by atoms with Crippen molar-refractivity contribution < 1.29 is 9.53 Å². The van der Waals surface area contributed by atoms with E-state index < -0.39 is 5.92 Å². The first kappa shape index (κ1) is 23.4. The summed E-state index contributed by atoms with van der Waals surface area (Å²) >= 11 is 7.51. The van der Waals surface area contributed by atoms with Gasteiger partial charge >= 0.3 is 0 Å². The quantitative estimate of drug-likeness (QED) is 0.264. The molecule has 0 fully saturated rings. The minimum absolute atomic E-state index is 0.136. The summed E-state index contributed by atoms with van der Waals surface area (Å²) in [5, 5.41) is 4.09. The zero-order chi connectivity index (χ0) is 23.4. The number of hydrogen-bond acceptors (Lipinski definition) is 5. The number of carbonyl (C=O) groups excluding carboxylic acids is 1. The van der Waals surface area contributed by atoms with E-state index in [4.69, 9.17) is 16.3 Å². The Morgan fingerprint density at radius 2 is 2.03 bits per heavy atom. The van der Waals surface area contributed by atoms with E-state index in [0.717, 1.165) is 24.0 Å². The van der Waals surface area contributed by atoms with Crippen LogP contribution in [0.4, 0.5) is 5.82 Å². The third-order valence-electron chi connectivity index (χ3n) is 5.61. The van der Waals surface area contributed by atoms with E-state index in [1.165, 1.54) is 11.8 Å². The number of rotatable bonds is 8. The molecule has 0 spiro atoms. The summed E-state index contributed by atoms with van der Waals surface area (Å²) < 4.78 is 7.78. The molecule has 1 amide bonds. The molecule has 6 nitrogen and oxygen atoms in total. The van der Waals surface area contributed by atoms with Gasteiger partial charge in [0.05, 0.1) is 12.2 Å². The van der Waals surface area contributed by atoms with Crippen molar-refractivity contribution in [1.29, 1.82) is 0 Å². The van der Waals surface area contributed by atoms with Crippen molar-refractivity contribution in [2.45, 2.75) is 43.0 Å². The number of fused-ring (bicyclic) bond motifs is 1. The van der Waals surface area contributed by atoms with E-state index in [2.05, 4.69) is 17.2 Å². The number of carbonyl (C=O) groups is 1. The van der Waals surface area contributed by atoms with E-state index in [-0.39, 0.29) is 17.9 Å². The Labute approximate surface area is 202 Å². The molecule has 3 aromatic rings. The molecule has 0 bridgehead atoms. The zero-order valence-electron chi connectivity index (χ0n) is 18.6. The number of para-hydroxylation sites is 1. The van der Waals surface area contributed by atoms with Gasteiger partial charge < -0.3 is 14.6 Å². The van der Waals surface area contributed by atoms with Crippen LogP contribution in [0.3, 0.4) is 0 Å². The molecular weight excluding hydrogens is 458 g/mol. The van der Waals surface area contributed by atoms with Crippen LogP contribution < -0.4 is 15.6 Å². The third-order valence-corrected chi connectivity index (χ3v) is 6.94.